The molecular weight excluding hydrogens is 234 g/mol. The van der Waals surface area contributed by atoms with Gasteiger partial charge in [0.25, 0.3) is 0 Å². The van der Waals surface area contributed by atoms with Crippen LogP contribution in [0.1, 0.15) is 54.1 Å². The molecule has 1 aliphatic rings. The minimum Gasteiger partial charge on any atom is -0.293 e. The van der Waals surface area contributed by atoms with E-state index in [4.69, 9.17) is 0 Å². The molecule has 19 heavy (non-hydrogen) atoms. The summed E-state index contributed by atoms with van der Waals surface area (Å²) in [5, 5.41) is 0. The van der Waals surface area contributed by atoms with Crippen LogP contribution in [0, 0.1) is 13.8 Å². The molecule has 1 saturated heterocycles. The number of Topliss-reactive ketones (excluding diaryl/α,β-unsaturated/α-hetero) is 1. The van der Waals surface area contributed by atoms with E-state index in [0.717, 1.165) is 24.1 Å². The van der Waals surface area contributed by atoms with Crippen LogP contribution < -0.4 is 0 Å². The third-order valence-electron chi connectivity index (χ3n) is 4.26. The molecule has 0 bridgehead atoms. The lowest BCUT2D eigenvalue weighted by atomic mass is 9.97. The van der Waals surface area contributed by atoms with Crippen molar-refractivity contribution in [1.82, 2.24) is 4.90 Å². The van der Waals surface area contributed by atoms with E-state index in [2.05, 4.69) is 24.0 Å². The zero-order valence-corrected chi connectivity index (χ0v) is 12.4. The maximum absolute atomic E-state index is 12.5. The third-order valence-corrected chi connectivity index (χ3v) is 4.26. The number of carbonyl (C=O) groups excluding carboxylic acids is 1. The summed E-state index contributed by atoms with van der Waals surface area (Å²) in [7, 11) is 0. The SMILES string of the molecule is CCC1CCCCN1CC(=O)c1cc(C)ccc1C. The zero-order valence-electron chi connectivity index (χ0n) is 12.4. The number of aryl methyl sites for hydroxylation is 2. The smallest absolute Gasteiger partial charge is 0.177 e. The fourth-order valence-corrected chi connectivity index (χ4v) is 3.04. The Hall–Kier alpha value is -1.15. The van der Waals surface area contributed by atoms with Gasteiger partial charge < -0.3 is 0 Å². The van der Waals surface area contributed by atoms with Gasteiger partial charge in [-0.3, -0.25) is 9.69 Å². The van der Waals surface area contributed by atoms with E-state index in [1.54, 1.807) is 0 Å². The topological polar surface area (TPSA) is 20.3 Å². The van der Waals surface area contributed by atoms with Gasteiger partial charge in [-0.15, -0.1) is 0 Å². The molecule has 0 aliphatic carbocycles. The summed E-state index contributed by atoms with van der Waals surface area (Å²) in [5.74, 6) is 0.279. The van der Waals surface area contributed by atoms with Crippen molar-refractivity contribution < 1.29 is 4.79 Å². The van der Waals surface area contributed by atoms with E-state index < -0.39 is 0 Å². The van der Waals surface area contributed by atoms with Crippen molar-refractivity contribution in [3.05, 3.63) is 34.9 Å². The molecule has 1 aromatic rings. The van der Waals surface area contributed by atoms with Gasteiger partial charge in [0.05, 0.1) is 6.54 Å². The van der Waals surface area contributed by atoms with E-state index in [1.165, 1.54) is 24.8 Å². The zero-order chi connectivity index (χ0) is 13.8. The number of likely N-dealkylation sites (tertiary alicyclic amines) is 1. The molecule has 0 amide bonds. The number of carbonyl (C=O) groups is 1. The highest BCUT2D eigenvalue weighted by molar-refractivity contribution is 5.99. The quantitative estimate of drug-likeness (QED) is 0.768. The summed E-state index contributed by atoms with van der Waals surface area (Å²) < 4.78 is 0. The van der Waals surface area contributed by atoms with Gasteiger partial charge in [0.1, 0.15) is 0 Å². The normalized spacial score (nSPS) is 20.5. The summed E-state index contributed by atoms with van der Waals surface area (Å²) >= 11 is 0. The fraction of sp³-hybridized carbons (Fsp3) is 0.588. The maximum atomic E-state index is 12.5. The number of ketones is 1. The number of piperidine rings is 1. The molecule has 1 heterocycles. The highest BCUT2D eigenvalue weighted by Gasteiger charge is 2.23. The Morgan fingerprint density at radius 3 is 2.84 bits per heavy atom. The summed E-state index contributed by atoms with van der Waals surface area (Å²) in [4.78, 5) is 14.9. The first-order chi connectivity index (χ1) is 9.11. The lowest BCUT2D eigenvalue weighted by molar-refractivity contribution is 0.0837. The minimum atomic E-state index is 0.279. The molecule has 0 aromatic heterocycles. The predicted molar refractivity (Wildman–Crippen MR) is 79.7 cm³/mol. The van der Waals surface area contributed by atoms with Crippen molar-refractivity contribution in [2.45, 2.75) is 52.5 Å². The van der Waals surface area contributed by atoms with Crippen LogP contribution in [0.25, 0.3) is 0 Å². The van der Waals surface area contributed by atoms with Gasteiger partial charge in [-0.2, -0.15) is 0 Å². The van der Waals surface area contributed by atoms with E-state index in [9.17, 15) is 4.79 Å². The van der Waals surface area contributed by atoms with Crippen LogP contribution >= 0.6 is 0 Å². The summed E-state index contributed by atoms with van der Waals surface area (Å²) in [6.07, 6.45) is 4.94. The number of hydrogen-bond donors (Lipinski definition) is 0. The van der Waals surface area contributed by atoms with Crippen LogP contribution in [-0.2, 0) is 0 Å². The van der Waals surface area contributed by atoms with E-state index in [0.29, 0.717) is 12.6 Å². The predicted octanol–water partition coefficient (Wildman–Crippen LogP) is 3.75. The van der Waals surface area contributed by atoms with Crippen LogP contribution in [0.2, 0.25) is 0 Å². The second-order valence-electron chi connectivity index (χ2n) is 5.77. The summed E-state index contributed by atoms with van der Waals surface area (Å²) in [5.41, 5.74) is 3.17. The molecular formula is C17H25NO. The average Bonchev–Trinajstić information content (AvgIpc) is 2.42. The van der Waals surface area contributed by atoms with Gasteiger partial charge in [-0.1, -0.05) is 31.0 Å². The monoisotopic (exact) mass is 259 g/mol. The molecule has 2 rings (SSSR count). The molecule has 1 aliphatic heterocycles. The highest BCUT2D eigenvalue weighted by atomic mass is 16.1. The lowest BCUT2D eigenvalue weighted by Gasteiger charge is -2.34. The molecule has 0 spiro atoms. The highest BCUT2D eigenvalue weighted by Crippen LogP contribution is 2.20. The van der Waals surface area contributed by atoms with Crippen LogP contribution in [0.15, 0.2) is 18.2 Å². The molecule has 1 unspecified atom stereocenters. The molecule has 0 saturated carbocycles. The van der Waals surface area contributed by atoms with Crippen molar-refractivity contribution in [3.63, 3.8) is 0 Å². The first kappa shape index (κ1) is 14.3. The Morgan fingerprint density at radius 1 is 1.32 bits per heavy atom. The molecule has 2 nitrogen and oxygen atoms in total. The first-order valence-corrected chi connectivity index (χ1v) is 7.46. The number of benzene rings is 1. The molecule has 2 heteroatoms. The van der Waals surface area contributed by atoms with Crippen molar-refractivity contribution >= 4 is 5.78 Å². The summed E-state index contributed by atoms with van der Waals surface area (Å²) in [6.45, 7) is 7.97. The van der Waals surface area contributed by atoms with E-state index >= 15 is 0 Å². The van der Waals surface area contributed by atoms with E-state index in [1.807, 2.05) is 19.9 Å². The minimum absolute atomic E-state index is 0.279. The molecule has 104 valence electrons. The third kappa shape index (κ3) is 3.44. The Bertz CT molecular complexity index is 453. The van der Waals surface area contributed by atoms with Crippen molar-refractivity contribution in [2.75, 3.05) is 13.1 Å². The van der Waals surface area contributed by atoms with Gasteiger partial charge >= 0.3 is 0 Å². The van der Waals surface area contributed by atoms with Gasteiger partial charge in [0.2, 0.25) is 0 Å². The fourth-order valence-electron chi connectivity index (χ4n) is 3.04. The van der Waals surface area contributed by atoms with Crippen LogP contribution in [0.3, 0.4) is 0 Å². The first-order valence-electron chi connectivity index (χ1n) is 7.46. The van der Waals surface area contributed by atoms with Crippen LogP contribution in [0.4, 0.5) is 0 Å². The standard InChI is InChI=1S/C17H25NO/c1-4-15-7-5-6-10-18(15)12-17(19)16-11-13(2)8-9-14(16)3/h8-9,11,15H,4-7,10,12H2,1-3H3. The number of hydrogen-bond acceptors (Lipinski definition) is 2. The van der Waals surface area contributed by atoms with Crippen LogP contribution in [0.5, 0.6) is 0 Å². The second-order valence-corrected chi connectivity index (χ2v) is 5.77. The van der Waals surface area contributed by atoms with Gasteiger partial charge in [-0.05, 0) is 51.3 Å². The molecule has 0 N–H and O–H groups in total. The number of rotatable bonds is 4. The van der Waals surface area contributed by atoms with E-state index in [-0.39, 0.29) is 5.78 Å². The Kier molecular flexibility index (Phi) is 4.76. The Balaban J connectivity index is 2.09. The molecule has 1 fully saturated rings. The largest absolute Gasteiger partial charge is 0.293 e. The number of nitrogens with zero attached hydrogens (tertiary/aromatic N) is 1. The summed E-state index contributed by atoms with van der Waals surface area (Å²) in [6, 6.07) is 6.75. The van der Waals surface area contributed by atoms with Crippen molar-refractivity contribution in [2.24, 2.45) is 0 Å². The van der Waals surface area contributed by atoms with Crippen molar-refractivity contribution in [1.29, 1.82) is 0 Å². The van der Waals surface area contributed by atoms with Crippen LogP contribution in [-0.4, -0.2) is 29.8 Å². The van der Waals surface area contributed by atoms with Gasteiger partial charge in [0.15, 0.2) is 5.78 Å². The Morgan fingerprint density at radius 2 is 2.11 bits per heavy atom. The van der Waals surface area contributed by atoms with Crippen molar-refractivity contribution in [3.8, 4) is 0 Å². The Labute approximate surface area is 116 Å². The second kappa shape index (κ2) is 6.33. The average molecular weight is 259 g/mol. The molecule has 1 atom stereocenters. The lowest BCUT2D eigenvalue weighted by Crippen LogP contribution is -2.42. The maximum Gasteiger partial charge on any atom is 0.177 e. The molecule has 1 aromatic carbocycles. The van der Waals surface area contributed by atoms with Gasteiger partial charge in [0, 0.05) is 11.6 Å². The molecule has 0 radical (unpaired) electrons. The van der Waals surface area contributed by atoms with Gasteiger partial charge in [-0.25, -0.2) is 0 Å².